The Morgan fingerprint density at radius 3 is 2.09 bits per heavy atom. The second-order valence-corrected chi connectivity index (χ2v) is 9.28. The average molecular weight is 444 g/mol. The van der Waals surface area contributed by atoms with E-state index in [2.05, 4.69) is 0 Å². The van der Waals surface area contributed by atoms with E-state index in [9.17, 15) is 19.7 Å². The Bertz CT molecular complexity index is 1330. The number of carbonyl (C=O) groups excluding carboxylic acids is 2. The zero-order valence-corrected chi connectivity index (χ0v) is 18.6. The molecule has 0 bridgehead atoms. The SMILES string of the molecule is CC1(C)OB(c2ccc(N3C(=O)c4cccc5cc([N+](=O)[O-])cc(c45)C3=O)cc2)OC1(C)C. The maximum Gasteiger partial charge on any atom is 0.494 e. The van der Waals surface area contributed by atoms with E-state index >= 15 is 0 Å². The molecule has 0 aromatic heterocycles. The highest BCUT2D eigenvalue weighted by molar-refractivity contribution is 6.62. The highest BCUT2D eigenvalue weighted by Gasteiger charge is 2.51. The topological polar surface area (TPSA) is 99.0 Å². The molecular formula is C24H21BN2O6. The Labute approximate surface area is 190 Å². The molecular weight excluding hydrogens is 423 g/mol. The zero-order valence-electron chi connectivity index (χ0n) is 18.6. The Morgan fingerprint density at radius 1 is 0.879 bits per heavy atom. The zero-order chi connectivity index (χ0) is 23.7. The third-order valence-corrected chi connectivity index (χ3v) is 6.72. The maximum atomic E-state index is 13.3. The summed E-state index contributed by atoms with van der Waals surface area (Å²) in [5, 5.41) is 12.3. The molecule has 0 spiro atoms. The largest absolute Gasteiger partial charge is 0.494 e. The number of benzene rings is 3. The number of non-ortho nitro benzene ring substituents is 1. The molecule has 2 amide bonds. The van der Waals surface area contributed by atoms with Crippen LogP contribution in [0.15, 0.2) is 54.6 Å². The molecule has 0 saturated carbocycles. The number of nitro benzene ring substituents is 1. The highest BCUT2D eigenvalue weighted by atomic mass is 16.7. The van der Waals surface area contributed by atoms with E-state index in [1.165, 1.54) is 12.1 Å². The van der Waals surface area contributed by atoms with E-state index in [0.29, 0.717) is 22.0 Å². The summed E-state index contributed by atoms with van der Waals surface area (Å²) < 4.78 is 12.1. The summed E-state index contributed by atoms with van der Waals surface area (Å²) >= 11 is 0. The summed E-state index contributed by atoms with van der Waals surface area (Å²) in [7, 11) is -0.575. The lowest BCUT2D eigenvalue weighted by Crippen LogP contribution is -2.41. The van der Waals surface area contributed by atoms with E-state index in [-0.39, 0.29) is 11.3 Å². The lowest BCUT2D eigenvalue weighted by molar-refractivity contribution is -0.384. The van der Waals surface area contributed by atoms with Crippen molar-refractivity contribution in [2.45, 2.75) is 38.9 Å². The summed E-state index contributed by atoms with van der Waals surface area (Å²) in [5.74, 6) is -1.08. The first-order valence-electron chi connectivity index (χ1n) is 10.6. The molecule has 3 aromatic carbocycles. The van der Waals surface area contributed by atoms with Crippen molar-refractivity contribution < 1.29 is 23.8 Å². The van der Waals surface area contributed by atoms with Crippen LogP contribution in [0.5, 0.6) is 0 Å². The third kappa shape index (κ3) is 3.15. The van der Waals surface area contributed by atoms with E-state index in [4.69, 9.17) is 9.31 Å². The molecule has 2 aliphatic rings. The van der Waals surface area contributed by atoms with Crippen molar-refractivity contribution in [3.8, 4) is 0 Å². The average Bonchev–Trinajstić information content (AvgIpc) is 2.99. The quantitative estimate of drug-likeness (QED) is 0.263. The van der Waals surface area contributed by atoms with Crippen LogP contribution in [0.1, 0.15) is 48.4 Å². The van der Waals surface area contributed by atoms with Gasteiger partial charge in [0, 0.05) is 23.1 Å². The fourth-order valence-corrected chi connectivity index (χ4v) is 4.19. The third-order valence-electron chi connectivity index (χ3n) is 6.72. The predicted molar refractivity (Wildman–Crippen MR) is 124 cm³/mol. The Kier molecular flexibility index (Phi) is 4.50. The summed E-state index contributed by atoms with van der Waals surface area (Å²) in [5.41, 5.74) is 0.384. The van der Waals surface area contributed by atoms with Gasteiger partial charge in [-0.25, -0.2) is 4.90 Å². The van der Waals surface area contributed by atoms with Gasteiger partial charge in [0.1, 0.15) is 0 Å². The fraction of sp³-hybridized carbons (Fsp3) is 0.250. The van der Waals surface area contributed by atoms with Crippen LogP contribution >= 0.6 is 0 Å². The molecule has 0 unspecified atom stereocenters. The number of nitro groups is 1. The minimum absolute atomic E-state index is 0.129. The molecule has 0 N–H and O–H groups in total. The first kappa shape index (κ1) is 21.3. The van der Waals surface area contributed by atoms with Gasteiger partial charge < -0.3 is 9.31 Å². The summed E-state index contributed by atoms with van der Waals surface area (Å²) in [4.78, 5) is 38.5. The van der Waals surface area contributed by atoms with Crippen LogP contribution in [0.2, 0.25) is 0 Å². The first-order chi connectivity index (χ1) is 15.5. The number of nitrogens with zero attached hydrogens (tertiary/aromatic N) is 2. The number of hydrogen-bond donors (Lipinski definition) is 0. The van der Waals surface area contributed by atoms with Gasteiger partial charge in [-0.15, -0.1) is 0 Å². The summed E-state index contributed by atoms with van der Waals surface area (Å²) in [6, 6.07) is 14.3. The highest BCUT2D eigenvalue weighted by Crippen LogP contribution is 2.37. The van der Waals surface area contributed by atoms with Crippen LogP contribution in [0.25, 0.3) is 10.8 Å². The number of anilines is 1. The standard InChI is InChI=1S/C24H21BN2O6/c1-23(2)24(3,4)33-25(32-23)15-8-10-16(11-9-15)26-21(28)18-7-5-6-14-12-17(27(30)31)13-19(20(14)18)22(26)29/h5-13H,1-4H3. The minimum atomic E-state index is -0.601. The molecule has 2 aliphatic heterocycles. The second kappa shape index (κ2) is 6.97. The van der Waals surface area contributed by atoms with Crippen LogP contribution in [0, 0.1) is 10.1 Å². The molecule has 3 aromatic rings. The Hall–Kier alpha value is -3.56. The molecule has 1 fully saturated rings. The van der Waals surface area contributed by atoms with E-state index < -0.39 is 35.1 Å². The van der Waals surface area contributed by atoms with Crippen LogP contribution < -0.4 is 10.4 Å². The van der Waals surface area contributed by atoms with Gasteiger partial charge in [0.15, 0.2) is 0 Å². The van der Waals surface area contributed by atoms with E-state index in [0.717, 1.165) is 10.4 Å². The first-order valence-corrected chi connectivity index (χ1v) is 10.6. The van der Waals surface area contributed by atoms with Crippen LogP contribution in [-0.4, -0.2) is 35.1 Å². The van der Waals surface area contributed by atoms with Crippen LogP contribution in [-0.2, 0) is 9.31 Å². The molecule has 1 saturated heterocycles. The van der Waals surface area contributed by atoms with Gasteiger partial charge in [-0.1, -0.05) is 24.3 Å². The predicted octanol–water partition coefficient (Wildman–Crippen LogP) is 3.85. The summed E-state index contributed by atoms with van der Waals surface area (Å²) in [6.07, 6.45) is 0. The molecule has 0 atom stereocenters. The summed E-state index contributed by atoms with van der Waals surface area (Å²) in [6.45, 7) is 7.85. The van der Waals surface area contributed by atoms with Crippen molar-refractivity contribution in [1.29, 1.82) is 0 Å². The monoisotopic (exact) mass is 444 g/mol. The number of imide groups is 1. The Balaban J connectivity index is 1.54. The minimum Gasteiger partial charge on any atom is -0.399 e. The number of rotatable bonds is 3. The molecule has 33 heavy (non-hydrogen) atoms. The van der Waals surface area contributed by atoms with E-state index in [1.54, 1.807) is 42.5 Å². The number of hydrogen-bond acceptors (Lipinski definition) is 6. The van der Waals surface area contributed by atoms with Gasteiger partial charge in [0.2, 0.25) is 0 Å². The molecule has 0 aliphatic carbocycles. The van der Waals surface area contributed by atoms with Crippen LogP contribution in [0.4, 0.5) is 11.4 Å². The van der Waals surface area contributed by atoms with Crippen LogP contribution in [0.3, 0.4) is 0 Å². The second-order valence-electron chi connectivity index (χ2n) is 9.28. The van der Waals surface area contributed by atoms with Crippen molar-refractivity contribution in [2.24, 2.45) is 0 Å². The van der Waals surface area contributed by atoms with Gasteiger partial charge in [-0.3, -0.25) is 19.7 Å². The molecule has 9 heteroatoms. The fourth-order valence-electron chi connectivity index (χ4n) is 4.19. The van der Waals surface area contributed by atoms with Crippen molar-refractivity contribution >= 4 is 46.5 Å². The van der Waals surface area contributed by atoms with Crippen molar-refractivity contribution in [1.82, 2.24) is 0 Å². The van der Waals surface area contributed by atoms with Gasteiger partial charge in [-0.05, 0) is 56.7 Å². The normalized spacial score (nSPS) is 18.8. The molecule has 5 rings (SSSR count). The maximum absolute atomic E-state index is 13.3. The van der Waals surface area contributed by atoms with Gasteiger partial charge >= 0.3 is 7.12 Å². The van der Waals surface area contributed by atoms with Gasteiger partial charge in [0.05, 0.1) is 27.4 Å². The smallest absolute Gasteiger partial charge is 0.399 e. The molecule has 2 heterocycles. The molecule has 0 radical (unpaired) electrons. The Morgan fingerprint density at radius 2 is 1.48 bits per heavy atom. The van der Waals surface area contributed by atoms with Crippen molar-refractivity contribution in [3.63, 3.8) is 0 Å². The number of amides is 2. The molecule has 166 valence electrons. The lowest BCUT2D eigenvalue weighted by atomic mass is 9.79. The number of carbonyl (C=O) groups is 2. The van der Waals surface area contributed by atoms with E-state index in [1.807, 2.05) is 27.7 Å². The van der Waals surface area contributed by atoms with Crippen molar-refractivity contribution in [2.75, 3.05) is 4.90 Å². The lowest BCUT2D eigenvalue weighted by Gasteiger charge is -2.32. The van der Waals surface area contributed by atoms with Gasteiger partial charge in [-0.2, -0.15) is 0 Å². The van der Waals surface area contributed by atoms with Crippen molar-refractivity contribution in [3.05, 3.63) is 75.8 Å². The van der Waals surface area contributed by atoms with Gasteiger partial charge in [0.25, 0.3) is 17.5 Å². The molecule has 8 nitrogen and oxygen atoms in total.